The number of hydrogen-bond acceptors (Lipinski definition) is 5. The summed E-state index contributed by atoms with van der Waals surface area (Å²) in [6.45, 7) is 3.77. The lowest BCUT2D eigenvalue weighted by atomic mass is 10.2. The highest BCUT2D eigenvalue weighted by Crippen LogP contribution is 2.28. The van der Waals surface area contributed by atoms with Crippen LogP contribution >= 0.6 is 11.6 Å². The third-order valence-corrected chi connectivity index (χ3v) is 3.31. The molecule has 0 amide bonds. The molecule has 2 rings (SSSR count). The Morgan fingerprint density at radius 3 is 2.54 bits per heavy atom. The van der Waals surface area contributed by atoms with Crippen molar-refractivity contribution in [3.05, 3.63) is 52.5 Å². The number of benzene rings is 2. The van der Waals surface area contributed by atoms with E-state index >= 15 is 0 Å². The van der Waals surface area contributed by atoms with Gasteiger partial charge in [-0.15, -0.1) is 0 Å². The molecule has 0 fully saturated rings. The third kappa shape index (κ3) is 4.64. The maximum absolute atomic E-state index is 12.0. The lowest BCUT2D eigenvalue weighted by Gasteiger charge is -2.12. The Labute approximate surface area is 145 Å². The van der Waals surface area contributed by atoms with Crippen molar-refractivity contribution in [1.29, 1.82) is 5.26 Å². The molecule has 0 bridgehead atoms. The summed E-state index contributed by atoms with van der Waals surface area (Å²) in [7, 11) is 0. The average molecular weight is 346 g/mol. The van der Waals surface area contributed by atoms with Crippen LogP contribution in [0.25, 0.3) is 0 Å². The Bertz CT molecular complexity index is 783. The highest BCUT2D eigenvalue weighted by Gasteiger charge is 2.13. The maximum Gasteiger partial charge on any atom is 0.349 e. The first-order valence-corrected chi connectivity index (χ1v) is 7.68. The van der Waals surface area contributed by atoms with Gasteiger partial charge < -0.3 is 14.2 Å². The molecule has 0 heterocycles. The highest BCUT2D eigenvalue weighted by atomic mass is 35.5. The quantitative estimate of drug-likeness (QED) is 0.586. The monoisotopic (exact) mass is 345 g/mol. The van der Waals surface area contributed by atoms with Gasteiger partial charge in [0.15, 0.2) is 18.1 Å². The van der Waals surface area contributed by atoms with Crippen LogP contribution in [-0.2, 0) is 4.79 Å². The summed E-state index contributed by atoms with van der Waals surface area (Å²) >= 11 is 5.87. The summed E-state index contributed by atoms with van der Waals surface area (Å²) in [6, 6.07) is 11.7. The highest BCUT2D eigenvalue weighted by molar-refractivity contribution is 6.30. The molecular formula is C18H16ClNO4. The lowest BCUT2D eigenvalue weighted by molar-refractivity contribution is -0.136. The zero-order valence-corrected chi connectivity index (χ0v) is 14.1. The second-order valence-corrected chi connectivity index (χ2v) is 5.32. The number of aryl methyl sites for hydroxylation is 1. The van der Waals surface area contributed by atoms with Gasteiger partial charge in [0.2, 0.25) is 0 Å². The van der Waals surface area contributed by atoms with Crippen LogP contribution in [0, 0.1) is 18.3 Å². The maximum atomic E-state index is 12.0. The second kappa shape index (κ2) is 8.23. The van der Waals surface area contributed by atoms with Crippen molar-refractivity contribution < 1.29 is 19.0 Å². The molecule has 24 heavy (non-hydrogen) atoms. The van der Waals surface area contributed by atoms with Gasteiger partial charge in [0.05, 0.1) is 18.2 Å². The summed E-state index contributed by atoms with van der Waals surface area (Å²) < 4.78 is 16.1. The van der Waals surface area contributed by atoms with E-state index in [1.54, 1.807) is 31.2 Å². The first-order chi connectivity index (χ1) is 11.5. The second-order valence-electron chi connectivity index (χ2n) is 4.88. The van der Waals surface area contributed by atoms with Crippen molar-refractivity contribution in [3.63, 3.8) is 0 Å². The molecule has 0 unspecified atom stereocenters. The average Bonchev–Trinajstić information content (AvgIpc) is 2.56. The zero-order chi connectivity index (χ0) is 17.5. The molecule has 124 valence electrons. The van der Waals surface area contributed by atoms with Gasteiger partial charge in [-0.05, 0) is 49.7 Å². The van der Waals surface area contributed by atoms with Crippen LogP contribution in [0.5, 0.6) is 17.2 Å². The molecule has 2 aromatic carbocycles. The summed E-state index contributed by atoms with van der Waals surface area (Å²) in [5.74, 6) is 0.570. The molecule has 0 saturated carbocycles. The normalized spacial score (nSPS) is 9.92. The van der Waals surface area contributed by atoms with Gasteiger partial charge in [-0.1, -0.05) is 11.6 Å². The number of hydrogen-bond donors (Lipinski definition) is 0. The zero-order valence-electron chi connectivity index (χ0n) is 13.3. The standard InChI is InChI=1S/C18H16ClNO4/c1-3-22-17-9-13(10-20)4-6-16(17)24-18(21)11-23-15-7-5-14(19)8-12(15)2/h4-9H,3,11H2,1-2H3. The summed E-state index contributed by atoms with van der Waals surface area (Å²) in [4.78, 5) is 12.0. The number of esters is 1. The SMILES string of the molecule is CCOc1cc(C#N)ccc1OC(=O)COc1ccc(Cl)cc1C. The number of halogens is 1. The van der Waals surface area contributed by atoms with Crippen LogP contribution in [0.3, 0.4) is 0 Å². The fourth-order valence-corrected chi connectivity index (χ4v) is 2.22. The van der Waals surface area contributed by atoms with Crippen molar-refractivity contribution in [3.8, 4) is 23.3 Å². The van der Waals surface area contributed by atoms with E-state index in [9.17, 15) is 4.79 Å². The van der Waals surface area contributed by atoms with Crippen LogP contribution in [0.2, 0.25) is 5.02 Å². The fourth-order valence-electron chi connectivity index (χ4n) is 1.99. The molecule has 0 N–H and O–H groups in total. The van der Waals surface area contributed by atoms with E-state index in [0.717, 1.165) is 5.56 Å². The number of nitriles is 1. The summed E-state index contributed by atoms with van der Waals surface area (Å²) in [6.07, 6.45) is 0. The van der Waals surface area contributed by atoms with Crippen molar-refractivity contribution >= 4 is 17.6 Å². The van der Waals surface area contributed by atoms with Crippen LogP contribution in [0.15, 0.2) is 36.4 Å². The largest absolute Gasteiger partial charge is 0.490 e. The molecule has 0 spiro atoms. The van der Waals surface area contributed by atoms with Gasteiger partial charge in [-0.3, -0.25) is 0 Å². The minimum Gasteiger partial charge on any atom is -0.490 e. The Kier molecular flexibility index (Phi) is 6.05. The van der Waals surface area contributed by atoms with Gasteiger partial charge in [-0.2, -0.15) is 5.26 Å². The van der Waals surface area contributed by atoms with Gasteiger partial charge in [0.1, 0.15) is 5.75 Å². The number of ether oxygens (including phenoxy) is 3. The molecule has 0 aliphatic rings. The van der Waals surface area contributed by atoms with Crippen LogP contribution < -0.4 is 14.2 Å². The minimum absolute atomic E-state index is 0.247. The molecule has 6 heteroatoms. The van der Waals surface area contributed by atoms with E-state index in [0.29, 0.717) is 28.7 Å². The van der Waals surface area contributed by atoms with Crippen molar-refractivity contribution in [1.82, 2.24) is 0 Å². The van der Waals surface area contributed by atoms with Crippen LogP contribution in [0.4, 0.5) is 0 Å². The van der Waals surface area contributed by atoms with Crippen molar-refractivity contribution in [2.24, 2.45) is 0 Å². The van der Waals surface area contributed by atoms with Gasteiger partial charge in [0.25, 0.3) is 0 Å². The van der Waals surface area contributed by atoms with Crippen LogP contribution in [0.1, 0.15) is 18.1 Å². The molecule has 0 saturated heterocycles. The first-order valence-electron chi connectivity index (χ1n) is 7.30. The number of nitrogens with zero attached hydrogens (tertiary/aromatic N) is 1. The first kappa shape index (κ1) is 17.6. The number of carbonyl (C=O) groups excluding carboxylic acids is 1. The van der Waals surface area contributed by atoms with Gasteiger partial charge in [0, 0.05) is 11.1 Å². The smallest absolute Gasteiger partial charge is 0.349 e. The third-order valence-electron chi connectivity index (χ3n) is 3.08. The Balaban J connectivity index is 2.03. The number of carbonyl (C=O) groups is 1. The summed E-state index contributed by atoms with van der Waals surface area (Å²) in [5, 5.41) is 9.51. The van der Waals surface area contributed by atoms with E-state index < -0.39 is 5.97 Å². The number of rotatable bonds is 6. The molecule has 0 aliphatic carbocycles. The Morgan fingerprint density at radius 1 is 1.12 bits per heavy atom. The molecule has 0 radical (unpaired) electrons. The van der Waals surface area contributed by atoms with E-state index in [2.05, 4.69) is 0 Å². The minimum atomic E-state index is -0.574. The molecule has 0 aromatic heterocycles. The predicted octanol–water partition coefficient (Wildman–Crippen LogP) is 3.90. The van der Waals surface area contributed by atoms with E-state index in [-0.39, 0.29) is 12.4 Å². The molecule has 0 aliphatic heterocycles. The molecule has 2 aromatic rings. The Morgan fingerprint density at radius 2 is 1.88 bits per heavy atom. The lowest BCUT2D eigenvalue weighted by Crippen LogP contribution is -2.18. The fraction of sp³-hybridized carbons (Fsp3) is 0.222. The van der Waals surface area contributed by atoms with Gasteiger partial charge in [-0.25, -0.2) is 4.79 Å². The summed E-state index contributed by atoms with van der Waals surface area (Å²) in [5.41, 5.74) is 1.25. The predicted molar refractivity (Wildman–Crippen MR) is 89.6 cm³/mol. The van der Waals surface area contributed by atoms with E-state index in [1.807, 2.05) is 13.0 Å². The Hall–Kier alpha value is -2.71. The van der Waals surface area contributed by atoms with Crippen LogP contribution in [-0.4, -0.2) is 19.2 Å². The molecule has 5 nitrogen and oxygen atoms in total. The van der Waals surface area contributed by atoms with Gasteiger partial charge >= 0.3 is 5.97 Å². The van der Waals surface area contributed by atoms with E-state index in [4.69, 9.17) is 31.1 Å². The molecule has 0 atom stereocenters. The van der Waals surface area contributed by atoms with Crippen molar-refractivity contribution in [2.75, 3.05) is 13.2 Å². The topological polar surface area (TPSA) is 68.5 Å². The molecular weight excluding hydrogens is 330 g/mol. The van der Waals surface area contributed by atoms with Crippen molar-refractivity contribution in [2.45, 2.75) is 13.8 Å². The van der Waals surface area contributed by atoms with E-state index in [1.165, 1.54) is 12.1 Å².